The third-order valence-corrected chi connectivity index (χ3v) is 4.37. The molecule has 78 valence electrons. The van der Waals surface area contributed by atoms with E-state index in [9.17, 15) is 5.11 Å². The zero-order valence-corrected chi connectivity index (χ0v) is 9.73. The van der Waals surface area contributed by atoms with Crippen LogP contribution in [-0.2, 0) is 12.0 Å². The quantitative estimate of drug-likeness (QED) is 0.682. The number of hydrogen-bond donors (Lipinski definition) is 1. The van der Waals surface area contributed by atoms with Crippen LogP contribution in [0.1, 0.15) is 41.7 Å². The molecule has 0 saturated carbocycles. The van der Waals surface area contributed by atoms with E-state index >= 15 is 0 Å². The molecule has 0 heterocycles. The van der Waals surface area contributed by atoms with Gasteiger partial charge in [-0.15, -0.1) is 0 Å². The van der Waals surface area contributed by atoms with Gasteiger partial charge < -0.3 is 5.11 Å². The van der Waals surface area contributed by atoms with Crippen LogP contribution in [0.2, 0.25) is 0 Å². The first-order chi connectivity index (χ1) is 6.97. The first-order valence-corrected chi connectivity index (χ1v) is 5.51. The standard InChI is InChI=1S/C14H16O/c1-7-5-12-13-8(2)10(4)14(12,15)6-11(7)9(13)3/h5,15H,6H2,1-4H3. The normalized spacial score (nSPS) is 26.7. The molecule has 0 amide bonds. The average Bonchev–Trinajstić information content (AvgIpc) is 2.33. The SMILES string of the molecule is CC1=C(C)C2(O)Cc3c(C)cc2c1c3C. The molecule has 0 aliphatic heterocycles. The van der Waals surface area contributed by atoms with Gasteiger partial charge in [0.1, 0.15) is 5.60 Å². The van der Waals surface area contributed by atoms with Gasteiger partial charge >= 0.3 is 0 Å². The number of hydrogen-bond acceptors (Lipinski definition) is 1. The van der Waals surface area contributed by atoms with E-state index in [-0.39, 0.29) is 0 Å². The van der Waals surface area contributed by atoms with Gasteiger partial charge in [0.05, 0.1) is 0 Å². The lowest BCUT2D eigenvalue weighted by Crippen LogP contribution is -2.32. The average molecular weight is 200 g/mol. The van der Waals surface area contributed by atoms with Crippen LogP contribution in [0.5, 0.6) is 0 Å². The zero-order chi connectivity index (χ0) is 11.0. The number of aryl methyl sites for hydroxylation is 1. The van der Waals surface area contributed by atoms with Gasteiger partial charge in [-0.1, -0.05) is 6.07 Å². The molecule has 4 bridgehead atoms. The molecule has 0 spiro atoms. The van der Waals surface area contributed by atoms with Crippen molar-refractivity contribution >= 4 is 5.57 Å². The van der Waals surface area contributed by atoms with Crippen molar-refractivity contribution in [2.24, 2.45) is 0 Å². The summed E-state index contributed by atoms with van der Waals surface area (Å²) < 4.78 is 0. The molecule has 1 atom stereocenters. The lowest BCUT2D eigenvalue weighted by molar-refractivity contribution is 0.0766. The van der Waals surface area contributed by atoms with Crippen LogP contribution >= 0.6 is 0 Å². The molecule has 1 heteroatoms. The Kier molecular flexibility index (Phi) is 1.44. The maximum atomic E-state index is 10.7. The Balaban J connectivity index is 2.48. The molecular formula is C14H16O. The fourth-order valence-electron chi connectivity index (χ4n) is 3.29. The topological polar surface area (TPSA) is 20.2 Å². The second-order valence-electron chi connectivity index (χ2n) is 5.01. The summed E-state index contributed by atoms with van der Waals surface area (Å²) >= 11 is 0. The number of aliphatic hydroxyl groups is 1. The molecule has 1 unspecified atom stereocenters. The van der Waals surface area contributed by atoms with Gasteiger partial charge in [0, 0.05) is 6.42 Å². The Morgan fingerprint density at radius 1 is 1.20 bits per heavy atom. The third-order valence-electron chi connectivity index (χ3n) is 4.37. The molecule has 0 saturated heterocycles. The van der Waals surface area contributed by atoms with E-state index in [4.69, 9.17) is 0 Å². The van der Waals surface area contributed by atoms with E-state index in [2.05, 4.69) is 33.8 Å². The smallest absolute Gasteiger partial charge is 0.116 e. The van der Waals surface area contributed by atoms with Gasteiger partial charge in [-0.25, -0.2) is 0 Å². The summed E-state index contributed by atoms with van der Waals surface area (Å²) in [6, 6.07) is 2.17. The molecule has 15 heavy (non-hydrogen) atoms. The molecule has 1 nitrogen and oxygen atoms in total. The van der Waals surface area contributed by atoms with E-state index in [1.807, 2.05) is 0 Å². The molecule has 0 fully saturated rings. The lowest BCUT2D eigenvalue weighted by atomic mass is 9.75. The van der Waals surface area contributed by atoms with Gasteiger partial charge in [-0.3, -0.25) is 0 Å². The Morgan fingerprint density at radius 3 is 2.53 bits per heavy atom. The van der Waals surface area contributed by atoms with Crippen molar-refractivity contribution in [3.8, 4) is 0 Å². The predicted octanol–water partition coefficient (Wildman–Crippen LogP) is 2.85. The highest BCUT2D eigenvalue weighted by atomic mass is 16.3. The fourth-order valence-corrected chi connectivity index (χ4v) is 3.29. The van der Waals surface area contributed by atoms with Crippen molar-refractivity contribution in [1.29, 1.82) is 0 Å². The highest BCUT2D eigenvalue weighted by Gasteiger charge is 2.45. The second kappa shape index (κ2) is 2.35. The van der Waals surface area contributed by atoms with Crippen LogP contribution < -0.4 is 0 Å². The van der Waals surface area contributed by atoms with Crippen molar-refractivity contribution in [3.63, 3.8) is 0 Å². The molecule has 0 radical (unpaired) electrons. The van der Waals surface area contributed by atoms with Crippen molar-refractivity contribution in [3.05, 3.63) is 39.5 Å². The molecule has 1 aromatic carbocycles. The minimum Gasteiger partial charge on any atom is -0.380 e. The highest BCUT2D eigenvalue weighted by molar-refractivity contribution is 5.83. The minimum absolute atomic E-state index is 0.673. The van der Waals surface area contributed by atoms with Gasteiger partial charge in [-0.2, -0.15) is 0 Å². The summed E-state index contributed by atoms with van der Waals surface area (Å²) in [7, 11) is 0. The maximum Gasteiger partial charge on any atom is 0.116 e. The zero-order valence-electron chi connectivity index (χ0n) is 9.73. The number of benzene rings is 1. The van der Waals surface area contributed by atoms with Crippen LogP contribution in [0.3, 0.4) is 0 Å². The maximum absolute atomic E-state index is 10.7. The van der Waals surface area contributed by atoms with Crippen molar-refractivity contribution in [1.82, 2.24) is 0 Å². The lowest BCUT2D eigenvalue weighted by Gasteiger charge is -2.34. The van der Waals surface area contributed by atoms with Crippen LogP contribution in [0, 0.1) is 13.8 Å². The monoisotopic (exact) mass is 200 g/mol. The fraction of sp³-hybridized carbons (Fsp3) is 0.429. The van der Waals surface area contributed by atoms with Crippen LogP contribution in [0.25, 0.3) is 5.57 Å². The van der Waals surface area contributed by atoms with E-state index in [1.165, 1.54) is 27.8 Å². The Morgan fingerprint density at radius 2 is 1.87 bits per heavy atom. The number of allylic oxidation sites excluding steroid dienone is 1. The molecular weight excluding hydrogens is 184 g/mol. The van der Waals surface area contributed by atoms with Gasteiger partial charge in [0.25, 0.3) is 0 Å². The summed E-state index contributed by atoms with van der Waals surface area (Å²) in [6.45, 7) is 8.52. The Hall–Kier alpha value is -1.08. The van der Waals surface area contributed by atoms with Crippen molar-refractivity contribution in [2.75, 3.05) is 0 Å². The van der Waals surface area contributed by atoms with E-state index in [1.54, 1.807) is 0 Å². The Labute approximate surface area is 90.4 Å². The van der Waals surface area contributed by atoms with Gasteiger partial charge in [0.2, 0.25) is 0 Å². The summed E-state index contributed by atoms with van der Waals surface area (Å²) in [5.41, 5.74) is 8.26. The second-order valence-corrected chi connectivity index (χ2v) is 5.01. The van der Waals surface area contributed by atoms with Gasteiger partial charge in [-0.05, 0) is 66.7 Å². The van der Waals surface area contributed by atoms with E-state index < -0.39 is 5.60 Å². The minimum atomic E-state index is -0.673. The van der Waals surface area contributed by atoms with Crippen LogP contribution in [0.15, 0.2) is 11.6 Å². The largest absolute Gasteiger partial charge is 0.380 e. The van der Waals surface area contributed by atoms with Crippen LogP contribution in [-0.4, -0.2) is 5.11 Å². The summed E-state index contributed by atoms with van der Waals surface area (Å²) in [5.74, 6) is 0. The summed E-state index contributed by atoms with van der Waals surface area (Å²) in [6.07, 6.45) is 0.781. The van der Waals surface area contributed by atoms with Crippen molar-refractivity contribution in [2.45, 2.75) is 39.7 Å². The number of rotatable bonds is 0. The van der Waals surface area contributed by atoms with E-state index in [0.29, 0.717) is 0 Å². The van der Waals surface area contributed by atoms with E-state index in [0.717, 1.165) is 17.6 Å². The first-order valence-electron chi connectivity index (χ1n) is 5.51. The molecule has 3 aliphatic rings. The van der Waals surface area contributed by atoms with Crippen LogP contribution in [0.4, 0.5) is 0 Å². The Bertz CT molecular complexity index is 523. The molecule has 3 aliphatic carbocycles. The summed E-state index contributed by atoms with van der Waals surface area (Å²) in [4.78, 5) is 0. The predicted molar refractivity (Wildman–Crippen MR) is 61.8 cm³/mol. The highest BCUT2D eigenvalue weighted by Crippen LogP contribution is 2.53. The van der Waals surface area contributed by atoms with Crippen molar-refractivity contribution < 1.29 is 5.11 Å². The molecule has 4 rings (SSSR count). The molecule has 1 aromatic rings. The molecule has 1 N–H and O–H groups in total. The number of fused-ring (bicyclic) bond motifs is 1. The first kappa shape index (κ1) is 9.17. The van der Waals surface area contributed by atoms with Gasteiger partial charge in [0.15, 0.2) is 0 Å². The molecule has 0 aromatic heterocycles. The third kappa shape index (κ3) is 0.799. The summed E-state index contributed by atoms with van der Waals surface area (Å²) in [5, 5.41) is 10.7.